The van der Waals surface area contributed by atoms with E-state index in [1.807, 2.05) is 0 Å². The number of aliphatic hydroxyl groups is 13. The number of aliphatic hydroxyl groups excluding tert-OH is 13. The molecule has 0 radical (unpaired) electrons. The third-order valence-corrected chi connectivity index (χ3v) is 8.61. The van der Waals surface area contributed by atoms with E-state index in [9.17, 15) is 71.2 Å². The maximum Gasteiger partial charge on any atom is 0.217 e. The van der Waals surface area contributed by atoms with E-state index in [2.05, 4.69) is 5.32 Å². The molecule has 4 rings (SSSR count). The van der Waals surface area contributed by atoms with Crippen LogP contribution in [0.15, 0.2) is 0 Å². The summed E-state index contributed by atoms with van der Waals surface area (Å²) in [6.07, 6.45) is -33.8. The number of carbonyl (C=O) groups is 1. The lowest BCUT2D eigenvalue weighted by atomic mass is 9.94. The second-order valence-electron chi connectivity index (χ2n) is 11.9. The molecule has 0 saturated carbocycles. The van der Waals surface area contributed by atoms with Gasteiger partial charge in [0.15, 0.2) is 25.2 Å². The Morgan fingerprint density at radius 3 is 1.50 bits per heavy atom. The highest BCUT2D eigenvalue weighted by Gasteiger charge is 2.55. The molecule has 4 saturated heterocycles. The van der Waals surface area contributed by atoms with E-state index >= 15 is 0 Å². The molecular weight excluding hydrogens is 662 g/mol. The monoisotopic (exact) mass is 707 g/mol. The number of rotatable bonds is 11. The fraction of sp³-hybridized carbons (Fsp3) is 0.962. The van der Waals surface area contributed by atoms with Gasteiger partial charge < -0.3 is 105 Å². The summed E-state index contributed by atoms with van der Waals surface area (Å²) in [5, 5.41) is 136. The minimum Gasteiger partial charge on any atom is -0.394 e. The molecule has 0 aliphatic carbocycles. The van der Waals surface area contributed by atoms with Crippen LogP contribution >= 0.6 is 0 Å². The average molecular weight is 708 g/mol. The third-order valence-electron chi connectivity index (χ3n) is 8.61. The molecule has 0 aromatic heterocycles. The van der Waals surface area contributed by atoms with Gasteiger partial charge in [-0.3, -0.25) is 4.79 Å². The van der Waals surface area contributed by atoms with Crippen LogP contribution in [0.2, 0.25) is 0 Å². The molecule has 0 aromatic rings. The number of carbonyl (C=O) groups excluding carboxylic acids is 1. The van der Waals surface area contributed by atoms with Gasteiger partial charge in [-0.1, -0.05) is 0 Å². The summed E-state index contributed by atoms with van der Waals surface area (Å²) in [6.45, 7) is -2.41. The molecule has 4 aliphatic heterocycles. The number of amides is 1. The highest BCUT2D eigenvalue weighted by molar-refractivity contribution is 5.73. The number of ether oxygens (including phenoxy) is 7. The van der Waals surface area contributed by atoms with Crippen LogP contribution in [0.25, 0.3) is 0 Å². The molecule has 0 unspecified atom stereocenters. The SMILES string of the molecule is CC(=O)N[C@H]1[C@H](O[C@H]2[C@@H](O)[C@@H](CO)O[C@@H](O[C@H]3[C@H](O)[C@@H](O)[C@H](O)O[C@@H]3CO)[C@@H]2O)O[C@H](CO)[C@@H](O)[C@@H]1O[C@H]1O[C@H](CO)[C@H](O)[C@H](O)[C@H]1O. The Morgan fingerprint density at radius 2 is 0.958 bits per heavy atom. The zero-order valence-corrected chi connectivity index (χ0v) is 25.5. The van der Waals surface area contributed by atoms with Gasteiger partial charge in [0.25, 0.3) is 0 Å². The van der Waals surface area contributed by atoms with Crippen molar-refractivity contribution in [1.82, 2.24) is 5.32 Å². The van der Waals surface area contributed by atoms with Crippen LogP contribution in [0.3, 0.4) is 0 Å². The van der Waals surface area contributed by atoms with Crippen molar-refractivity contribution in [3.05, 3.63) is 0 Å². The van der Waals surface area contributed by atoms with Crippen LogP contribution in [-0.4, -0.2) is 221 Å². The van der Waals surface area contributed by atoms with Crippen molar-refractivity contribution in [1.29, 1.82) is 0 Å². The molecule has 0 aromatic carbocycles. The van der Waals surface area contributed by atoms with E-state index in [-0.39, 0.29) is 0 Å². The summed E-state index contributed by atoms with van der Waals surface area (Å²) < 4.78 is 38.7. The van der Waals surface area contributed by atoms with Crippen molar-refractivity contribution < 1.29 is 104 Å². The van der Waals surface area contributed by atoms with E-state index < -0.39 is 155 Å². The van der Waals surface area contributed by atoms with Crippen molar-refractivity contribution in [2.75, 3.05) is 26.4 Å². The summed E-state index contributed by atoms with van der Waals surface area (Å²) in [7, 11) is 0. The van der Waals surface area contributed by atoms with Crippen LogP contribution < -0.4 is 5.32 Å². The number of hydrogen-bond donors (Lipinski definition) is 14. The molecule has 280 valence electrons. The largest absolute Gasteiger partial charge is 0.394 e. The van der Waals surface area contributed by atoms with E-state index in [1.165, 1.54) is 0 Å². The highest BCUT2D eigenvalue weighted by atomic mass is 16.8. The van der Waals surface area contributed by atoms with Crippen molar-refractivity contribution in [3.63, 3.8) is 0 Å². The second kappa shape index (κ2) is 16.8. The van der Waals surface area contributed by atoms with Crippen molar-refractivity contribution in [3.8, 4) is 0 Å². The van der Waals surface area contributed by atoms with Gasteiger partial charge in [0.1, 0.15) is 97.6 Å². The molecule has 14 N–H and O–H groups in total. The lowest BCUT2D eigenvalue weighted by Gasteiger charge is -2.50. The molecule has 22 heteroatoms. The Hall–Kier alpha value is -1.33. The highest BCUT2D eigenvalue weighted by Crippen LogP contribution is 2.34. The number of hydrogen-bond acceptors (Lipinski definition) is 21. The van der Waals surface area contributed by atoms with Crippen LogP contribution in [0.4, 0.5) is 0 Å². The standard InChI is InChI=1S/C26H45NO21/c1-6(32)27-11-21(47-25-18(39)15(36)12(33)7(2-28)44-25)13(34)8(3-29)43-24(11)48-22-14(35)9(4-30)45-26(19(22)40)46-20-10(5-31)42-23(41)17(38)16(20)37/h7-26,28-31,33-41H,2-5H2,1H3,(H,27,32)/t7-,8-,9-,10-,11-,12+,13-,14+,15+,16-,17-,18-,19-,20-,21-,22+,23-,24+,25-,26+/m1/s1. The molecule has 4 heterocycles. The maximum absolute atomic E-state index is 12.3. The molecule has 0 bridgehead atoms. The van der Waals surface area contributed by atoms with Gasteiger partial charge in [-0.2, -0.15) is 0 Å². The first-order chi connectivity index (χ1) is 22.7. The van der Waals surface area contributed by atoms with E-state index in [0.717, 1.165) is 6.92 Å². The van der Waals surface area contributed by atoms with Gasteiger partial charge in [0, 0.05) is 6.92 Å². The topological polar surface area (TPSA) is 357 Å². The Balaban J connectivity index is 1.61. The van der Waals surface area contributed by atoms with E-state index in [1.54, 1.807) is 0 Å². The Labute approximate surface area is 272 Å². The smallest absolute Gasteiger partial charge is 0.217 e. The quantitative estimate of drug-likeness (QED) is 0.0947. The summed E-state index contributed by atoms with van der Waals surface area (Å²) >= 11 is 0. The molecule has 1 amide bonds. The number of nitrogens with one attached hydrogen (secondary N) is 1. The predicted molar refractivity (Wildman–Crippen MR) is 145 cm³/mol. The molecule has 48 heavy (non-hydrogen) atoms. The van der Waals surface area contributed by atoms with Gasteiger partial charge in [-0.05, 0) is 0 Å². The van der Waals surface area contributed by atoms with Crippen LogP contribution in [0.5, 0.6) is 0 Å². The van der Waals surface area contributed by atoms with E-state index in [0.29, 0.717) is 0 Å². The van der Waals surface area contributed by atoms with Gasteiger partial charge in [-0.25, -0.2) is 0 Å². The average Bonchev–Trinajstić information content (AvgIpc) is 3.06. The minimum absolute atomic E-state index is 0.765. The molecule has 4 aliphatic rings. The summed E-state index contributed by atoms with van der Waals surface area (Å²) in [5.41, 5.74) is 0. The first-order valence-corrected chi connectivity index (χ1v) is 15.1. The van der Waals surface area contributed by atoms with Crippen molar-refractivity contribution in [2.24, 2.45) is 0 Å². The summed E-state index contributed by atoms with van der Waals surface area (Å²) in [5.74, 6) is -0.765. The first kappa shape index (κ1) is 39.5. The Kier molecular flexibility index (Phi) is 13.8. The normalized spacial score (nSPS) is 50.2. The Morgan fingerprint density at radius 1 is 0.500 bits per heavy atom. The maximum atomic E-state index is 12.3. The van der Waals surface area contributed by atoms with Crippen LogP contribution in [-0.2, 0) is 38.0 Å². The fourth-order valence-corrected chi connectivity index (χ4v) is 5.94. The summed E-state index contributed by atoms with van der Waals surface area (Å²) in [4.78, 5) is 12.3. The predicted octanol–water partition coefficient (Wildman–Crippen LogP) is -9.61. The molecule has 4 fully saturated rings. The molecule has 22 nitrogen and oxygen atoms in total. The van der Waals surface area contributed by atoms with Crippen LogP contribution in [0.1, 0.15) is 6.92 Å². The molecule has 0 spiro atoms. The van der Waals surface area contributed by atoms with Gasteiger partial charge in [0.2, 0.25) is 5.91 Å². The van der Waals surface area contributed by atoms with Gasteiger partial charge in [0.05, 0.1) is 26.4 Å². The van der Waals surface area contributed by atoms with Gasteiger partial charge >= 0.3 is 0 Å². The molecule has 20 atom stereocenters. The van der Waals surface area contributed by atoms with E-state index in [4.69, 9.17) is 33.2 Å². The second-order valence-corrected chi connectivity index (χ2v) is 11.9. The van der Waals surface area contributed by atoms with Gasteiger partial charge in [-0.15, -0.1) is 0 Å². The van der Waals surface area contributed by atoms with Crippen LogP contribution in [0, 0.1) is 0 Å². The minimum atomic E-state index is -2.04. The lowest BCUT2D eigenvalue weighted by Crippen LogP contribution is -2.70. The molecular formula is C26H45NO21. The Bertz CT molecular complexity index is 1030. The zero-order chi connectivity index (χ0) is 35.6. The fourth-order valence-electron chi connectivity index (χ4n) is 5.94. The first-order valence-electron chi connectivity index (χ1n) is 15.1. The van der Waals surface area contributed by atoms with Crippen molar-refractivity contribution >= 4 is 5.91 Å². The van der Waals surface area contributed by atoms with Crippen molar-refractivity contribution in [2.45, 2.75) is 130 Å². The summed E-state index contributed by atoms with van der Waals surface area (Å²) in [6, 6.07) is -1.61. The lowest BCUT2D eigenvalue weighted by molar-refractivity contribution is -0.379. The zero-order valence-electron chi connectivity index (χ0n) is 25.5. The third kappa shape index (κ3) is 8.08.